The summed E-state index contributed by atoms with van der Waals surface area (Å²) in [5.41, 5.74) is 1.00. The quantitative estimate of drug-likeness (QED) is 0.726. The number of rotatable bonds is 8. The van der Waals surface area contributed by atoms with E-state index >= 15 is 0 Å². The van der Waals surface area contributed by atoms with Gasteiger partial charge in [-0.05, 0) is 82.4 Å². The molecule has 1 amide bonds. The summed E-state index contributed by atoms with van der Waals surface area (Å²) in [7, 11) is 2.17. The molecule has 0 unspecified atom stereocenters. The van der Waals surface area contributed by atoms with Gasteiger partial charge < -0.3 is 15.0 Å². The van der Waals surface area contributed by atoms with Crippen molar-refractivity contribution in [3.05, 3.63) is 28.8 Å². The molecule has 0 saturated carbocycles. The van der Waals surface area contributed by atoms with Crippen LogP contribution in [0.4, 0.5) is 0 Å². The second-order valence-corrected chi connectivity index (χ2v) is 7.16. The lowest BCUT2D eigenvalue weighted by Crippen LogP contribution is -2.32. The summed E-state index contributed by atoms with van der Waals surface area (Å²) < 4.78 is 5.66. The zero-order chi connectivity index (χ0) is 17.4. The van der Waals surface area contributed by atoms with Gasteiger partial charge in [0.15, 0.2) is 0 Å². The molecule has 0 aromatic heterocycles. The molecule has 0 radical (unpaired) electrons. The predicted octanol–water partition coefficient (Wildman–Crippen LogP) is 3.66. The van der Waals surface area contributed by atoms with Crippen LogP contribution in [0.15, 0.2) is 18.2 Å². The number of aryl methyl sites for hydroxylation is 1. The molecule has 24 heavy (non-hydrogen) atoms. The Hall–Kier alpha value is -1.26. The van der Waals surface area contributed by atoms with E-state index in [4.69, 9.17) is 16.3 Å². The van der Waals surface area contributed by atoms with Gasteiger partial charge in [-0.3, -0.25) is 4.79 Å². The van der Waals surface area contributed by atoms with E-state index in [1.54, 1.807) is 0 Å². The Kier molecular flexibility index (Phi) is 7.86. The first kappa shape index (κ1) is 19.1. The lowest BCUT2D eigenvalue weighted by atomic mass is 9.94. The molecule has 1 heterocycles. The number of nitrogens with one attached hydrogen (secondary N) is 1. The number of likely N-dealkylation sites (tertiary alicyclic amines) is 1. The molecule has 0 bridgehead atoms. The topological polar surface area (TPSA) is 41.6 Å². The molecule has 1 aromatic carbocycles. The fourth-order valence-electron chi connectivity index (χ4n) is 2.98. The molecular weight excluding hydrogens is 324 g/mol. The Morgan fingerprint density at radius 1 is 1.38 bits per heavy atom. The van der Waals surface area contributed by atoms with Crippen molar-refractivity contribution in [1.82, 2.24) is 10.2 Å². The molecule has 4 nitrogen and oxygen atoms in total. The molecule has 0 atom stereocenters. The summed E-state index contributed by atoms with van der Waals surface area (Å²) >= 11 is 5.98. The number of carbonyl (C=O) groups excluding carboxylic acids is 1. The van der Waals surface area contributed by atoms with Crippen molar-refractivity contribution >= 4 is 17.5 Å². The van der Waals surface area contributed by atoms with Crippen molar-refractivity contribution in [2.24, 2.45) is 5.92 Å². The average Bonchev–Trinajstić information content (AvgIpc) is 2.56. The van der Waals surface area contributed by atoms with E-state index in [0.717, 1.165) is 41.6 Å². The summed E-state index contributed by atoms with van der Waals surface area (Å²) in [6.07, 6.45) is 4.84. The summed E-state index contributed by atoms with van der Waals surface area (Å²) in [5, 5.41) is 3.77. The van der Waals surface area contributed by atoms with Gasteiger partial charge in [-0.1, -0.05) is 11.6 Å². The van der Waals surface area contributed by atoms with Gasteiger partial charge in [-0.2, -0.15) is 0 Å². The molecule has 1 aromatic rings. The molecule has 1 N–H and O–H groups in total. The smallest absolute Gasteiger partial charge is 0.220 e. The third-order valence-corrected chi connectivity index (χ3v) is 5.08. The van der Waals surface area contributed by atoms with Gasteiger partial charge >= 0.3 is 0 Å². The van der Waals surface area contributed by atoms with E-state index in [-0.39, 0.29) is 5.91 Å². The zero-order valence-electron chi connectivity index (χ0n) is 14.8. The molecule has 0 aliphatic carbocycles. The van der Waals surface area contributed by atoms with Crippen LogP contribution in [-0.4, -0.2) is 44.1 Å². The van der Waals surface area contributed by atoms with Crippen LogP contribution in [0, 0.1) is 12.8 Å². The standard InChI is InChI=1S/C19H29ClN2O2/c1-15-14-17(5-6-18(15)20)24-13-3-4-19(23)21-10-7-16-8-11-22(2)12-9-16/h5-6,14,16H,3-4,7-13H2,1-2H3,(H,21,23). The Morgan fingerprint density at radius 2 is 2.12 bits per heavy atom. The van der Waals surface area contributed by atoms with Gasteiger partial charge in [-0.25, -0.2) is 0 Å². The number of piperidine rings is 1. The number of ether oxygens (including phenoxy) is 1. The highest BCUT2D eigenvalue weighted by molar-refractivity contribution is 6.31. The number of hydrogen-bond acceptors (Lipinski definition) is 3. The predicted molar refractivity (Wildman–Crippen MR) is 98.8 cm³/mol. The number of benzene rings is 1. The van der Waals surface area contributed by atoms with Crippen LogP contribution >= 0.6 is 11.6 Å². The van der Waals surface area contributed by atoms with Crippen LogP contribution in [0.25, 0.3) is 0 Å². The number of hydrogen-bond donors (Lipinski definition) is 1. The van der Waals surface area contributed by atoms with E-state index in [9.17, 15) is 4.79 Å². The highest BCUT2D eigenvalue weighted by Gasteiger charge is 2.16. The second-order valence-electron chi connectivity index (χ2n) is 6.75. The zero-order valence-corrected chi connectivity index (χ0v) is 15.6. The molecule has 134 valence electrons. The maximum absolute atomic E-state index is 11.9. The maximum atomic E-state index is 11.9. The van der Waals surface area contributed by atoms with Crippen molar-refractivity contribution < 1.29 is 9.53 Å². The Bertz CT molecular complexity index is 528. The molecule has 0 spiro atoms. The number of carbonyl (C=O) groups is 1. The first-order chi connectivity index (χ1) is 11.5. The minimum atomic E-state index is 0.124. The third-order valence-electron chi connectivity index (χ3n) is 4.66. The Labute approximate surface area is 150 Å². The summed E-state index contributed by atoms with van der Waals surface area (Å²) in [6.45, 7) is 5.65. The Morgan fingerprint density at radius 3 is 2.83 bits per heavy atom. The monoisotopic (exact) mass is 352 g/mol. The van der Waals surface area contributed by atoms with Crippen LogP contribution in [0.1, 0.15) is 37.7 Å². The van der Waals surface area contributed by atoms with Gasteiger partial charge in [-0.15, -0.1) is 0 Å². The number of halogens is 1. The van der Waals surface area contributed by atoms with E-state index in [1.807, 2.05) is 25.1 Å². The average molecular weight is 353 g/mol. The molecule has 5 heteroatoms. The molecular formula is C19H29ClN2O2. The summed E-state index contributed by atoms with van der Waals surface area (Å²) in [5.74, 6) is 1.69. The van der Waals surface area contributed by atoms with Gasteiger partial charge in [0, 0.05) is 18.0 Å². The van der Waals surface area contributed by atoms with Crippen LogP contribution < -0.4 is 10.1 Å². The van der Waals surface area contributed by atoms with Crippen molar-refractivity contribution in [3.63, 3.8) is 0 Å². The summed E-state index contributed by atoms with van der Waals surface area (Å²) in [6, 6.07) is 5.61. The van der Waals surface area contributed by atoms with Crippen LogP contribution in [0.3, 0.4) is 0 Å². The normalized spacial score (nSPS) is 16.1. The lowest BCUT2D eigenvalue weighted by molar-refractivity contribution is -0.121. The van der Waals surface area contributed by atoms with Crippen LogP contribution in [0.2, 0.25) is 5.02 Å². The van der Waals surface area contributed by atoms with E-state index in [1.165, 1.54) is 25.9 Å². The van der Waals surface area contributed by atoms with Gasteiger partial charge in [0.2, 0.25) is 5.91 Å². The van der Waals surface area contributed by atoms with Crippen LogP contribution in [-0.2, 0) is 4.79 Å². The van der Waals surface area contributed by atoms with Gasteiger partial charge in [0.05, 0.1) is 6.61 Å². The molecule has 1 fully saturated rings. The van der Waals surface area contributed by atoms with E-state index < -0.39 is 0 Å². The molecule has 1 saturated heterocycles. The highest BCUT2D eigenvalue weighted by Crippen LogP contribution is 2.21. The fourth-order valence-corrected chi connectivity index (χ4v) is 3.10. The van der Waals surface area contributed by atoms with Crippen molar-refractivity contribution in [3.8, 4) is 5.75 Å². The van der Waals surface area contributed by atoms with E-state index in [2.05, 4.69) is 17.3 Å². The first-order valence-electron chi connectivity index (χ1n) is 8.89. The second kappa shape index (κ2) is 9.90. The minimum absolute atomic E-state index is 0.124. The largest absolute Gasteiger partial charge is 0.494 e. The molecule has 1 aliphatic heterocycles. The highest BCUT2D eigenvalue weighted by atomic mass is 35.5. The lowest BCUT2D eigenvalue weighted by Gasteiger charge is -2.28. The fraction of sp³-hybridized carbons (Fsp3) is 0.632. The van der Waals surface area contributed by atoms with Crippen LogP contribution in [0.5, 0.6) is 5.75 Å². The minimum Gasteiger partial charge on any atom is -0.494 e. The maximum Gasteiger partial charge on any atom is 0.220 e. The first-order valence-corrected chi connectivity index (χ1v) is 9.26. The SMILES string of the molecule is Cc1cc(OCCCC(=O)NCCC2CCN(C)CC2)ccc1Cl. The third kappa shape index (κ3) is 6.70. The van der Waals surface area contributed by atoms with Gasteiger partial charge in [0.25, 0.3) is 0 Å². The summed E-state index contributed by atoms with van der Waals surface area (Å²) in [4.78, 5) is 14.2. The van der Waals surface area contributed by atoms with Gasteiger partial charge in [0.1, 0.15) is 5.75 Å². The van der Waals surface area contributed by atoms with Crippen molar-refractivity contribution in [2.75, 3.05) is 33.3 Å². The Balaban J connectivity index is 1.52. The van der Waals surface area contributed by atoms with Crippen molar-refractivity contribution in [1.29, 1.82) is 0 Å². The van der Waals surface area contributed by atoms with Crippen molar-refractivity contribution in [2.45, 2.75) is 39.0 Å². The molecule has 1 aliphatic rings. The molecule has 2 rings (SSSR count). The number of amides is 1. The van der Waals surface area contributed by atoms with E-state index in [0.29, 0.717) is 13.0 Å². The number of nitrogens with zero attached hydrogens (tertiary/aromatic N) is 1.